The van der Waals surface area contributed by atoms with Gasteiger partial charge in [0.15, 0.2) is 0 Å². The lowest BCUT2D eigenvalue weighted by Gasteiger charge is -2.58. The highest BCUT2D eigenvalue weighted by molar-refractivity contribution is 5.42. The Morgan fingerprint density at radius 1 is 0.844 bits per heavy atom. The number of aryl methyl sites for hydroxylation is 1. The summed E-state index contributed by atoms with van der Waals surface area (Å²) in [4.78, 5) is 0. The van der Waals surface area contributed by atoms with Gasteiger partial charge in [0.25, 0.3) is 0 Å². The van der Waals surface area contributed by atoms with E-state index in [2.05, 4.69) is 38.1 Å². The summed E-state index contributed by atoms with van der Waals surface area (Å²) in [6.07, 6.45) is 25.3. The molecule has 32 heavy (non-hydrogen) atoms. The molecule has 0 saturated heterocycles. The molecule has 0 N–H and O–H groups in total. The smallest absolute Gasteiger partial charge is 0.0994 e. The Hall–Kier alpha value is -1.29. The minimum Gasteiger partial charge on any atom is -0.192 e. The van der Waals surface area contributed by atoms with Gasteiger partial charge in [-0.05, 0) is 123 Å². The van der Waals surface area contributed by atoms with E-state index in [0.717, 1.165) is 23.3 Å². The first kappa shape index (κ1) is 23.9. The summed E-state index contributed by atoms with van der Waals surface area (Å²) in [5.41, 5.74) is 5.08. The average Bonchev–Trinajstić information content (AvgIpc) is 2.86. The SMILES string of the molecule is CCCCCc1ccc(C2CCC(C34CCC(CCCCC)(CC3)CC4)CC2)cc1C#N. The second-order valence-corrected chi connectivity index (χ2v) is 11.9. The number of rotatable bonds is 10. The lowest BCUT2D eigenvalue weighted by atomic mass is 9.47. The number of fused-ring (bicyclic) bond motifs is 3. The Balaban J connectivity index is 1.32. The lowest BCUT2D eigenvalue weighted by molar-refractivity contribution is -0.0630. The van der Waals surface area contributed by atoms with E-state index in [-0.39, 0.29) is 0 Å². The van der Waals surface area contributed by atoms with Gasteiger partial charge < -0.3 is 0 Å². The zero-order valence-corrected chi connectivity index (χ0v) is 21.1. The molecule has 4 saturated carbocycles. The third kappa shape index (κ3) is 5.11. The molecule has 0 heterocycles. The first-order valence-electron chi connectivity index (χ1n) is 14.2. The van der Waals surface area contributed by atoms with Crippen molar-refractivity contribution in [1.82, 2.24) is 0 Å². The third-order valence-electron chi connectivity index (χ3n) is 10.1. The van der Waals surface area contributed by atoms with Gasteiger partial charge in [-0.2, -0.15) is 5.26 Å². The second-order valence-electron chi connectivity index (χ2n) is 11.9. The maximum atomic E-state index is 9.72. The van der Waals surface area contributed by atoms with Gasteiger partial charge in [0.1, 0.15) is 0 Å². The minimum absolute atomic E-state index is 0.680. The fourth-order valence-electron chi connectivity index (χ4n) is 7.80. The van der Waals surface area contributed by atoms with Crippen molar-refractivity contribution >= 4 is 0 Å². The van der Waals surface area contributed by atoms with E-state index in [1.807, 2.05) is 0 Å². The van der Waals surface area contributed by atoms with Crippen molar-refractivity contribution in [2.75, 3.05) is 0 Å². The molecule has 1 nitrogen and oxygen atoms in total. The van der Waals surface area contributed by atoms with Crippen LogP contribution in [-0.2, 0) is 6.42 Å². The second kappa shape index (κ2) is 10.8. The van der Waals surface area contributed by atoms with Crippen LogP contribution in [-0.4, -0.2) is 0 Å². The van der Waals surface area contributed by atoms with Gasteiger partial charge in [-0.15, -0.1) is 0 Å². The van der Waals surface area contributed by atoms with Gasteiger partial charge in [0.05, 0.1) is 11.6 Å². The molecule has 0 amide bonds. The van der Waals surface area contributed by atoms with Crippen molar-refractivity contribution in [3.63, 3.8) is 0 Å². The van der Waals surface area contributed by atoms with Crippen molar-refractivity contribution in [1.29, 1.82) is 5.26 Å². The molecule has 1 aromatic rings. The Labute approximate surface area is 198 Å². The van der Waals surface area contributed by atoms with Crippen LogP contribution >= 0.6 is 0 Å². The van der Waals surface area contributed by atoms with E-state index in [9.17, 15) is 5.26 Å². The maximum absolute atomic E-state index is 9.72. The first-order chi connectivity index (χ1) is 15.6. The number of hydrogen-bond acceptors (Lipinski definition) is 1. The molecule has 4 fully saturated rings. The van der Waals surface area contributed by atoms with Gasteiger partial charge in [-0.1, -0.05) is 58.1 Å². The number of nitrogens with zero attached hydrogens (tertiary/aromatic N) is 1. The summed E-state index contributed by atoms with van der Waals surface area (Å²) < 4.78 is 0. The Bertz CT molecular complexity index is 752. The summed E-state index contributed by atoms with van der Waals surface area (Å²) >= 11 is 0. The van der Waals surface area contributed by atoms with Crippen molar-refractivity contribution in [3.8, 4) is 6.07 Å². The monoisotopic (exact) mass is 433 g/mol. The van der Waals surface area contributed by atoms with Crippen LogP contribution in [0.5, 0.6) is 0 Å². The molecule has 0 atom stereocenters. The van der Waals surface area contributed by atoms with E-state index in [4.69, 9.17) is 0 Å². The molecule has 0 spiro atoms. The molecule has 0 aliphatic heterocycles. The zero-order chi connectivity index (χ0) is 22.4. The summed E-state index contributed by atoms with van der Waals surface area (Å²) in [5, 5.41) is 9.72. The van der Waals surface area contributed by atoms with Crippen LogP contribution in [0.1, 0.15) is 146 Å². The van der Waals surface area contributed by atoms with Crippen LogP contribution < -0.4 is 0 Å². The Morgan fingerprint density at radius 3 is 2.12 bits per heavy atom. The van der Waals surface area contributed by atoms with Gasteiger partial charge in [0.2, 0.25) is 0 Å². The molecule has 5 rings (SSSR count). The number of benzene rings is 1. The fourth-order valence-corrected chi connectivity index (χ4v) is 7.80. The Morgan fingerprint density at radius 2 is 1.50 bits per heavy atom. The zero-order valence-electron chi connectivity index (χ0n) is 21.1. The summed E-state index contributed by atoms with van der Waals surface area (Å²) in [7, 11) is 0. The van der Waals surface area contributed by atoms with Crippen LogP contribution in [0, 0.1) is 28.1 Å². The van der Waals surface area contributed by atoms with Crippen LogP contribution in [0.15, 0.2) is 18.2 Å². The van der Waals surface area contributed by atoms with E-state index < -0.39 is 0 Å². The largest absolute Gasteiger partial charge is 0.192 e. The molecule has 176 valence electrons. The summed E-state index contributed by atoms with van der Waals surface area (Å²) in [6, 6.07) is 9.38. The maximum Gasteiger partial charge on any atom is 0.0994 e. The fraction of sp³-hybridized carbons (Fsp3) is 0.774. The van der Waals surface area contributed by atoms with Gasteiger partial charge >= 0.3 is 0 Å². The third-order valence-corrected chi connectivity index (χ3v) is 10.1. The van der Waals surface area contributed by atoms with E-state index in [1.165, 1.54) is 120 Å². The molecular formula is C31H47N. The van der Waals surface area contributed by atoms with Gasteiger partial charge in [-0.25, -0.2) is 0 Å². The molecular weight excluding hydrogens is 386 g/mol. The normalized spacial score (nSPS) is 32.0. The van der Waals surface area contributed by atoms with Crippen LogP contribution in [0.4, 0.5) is 0 Å². The molecule has 1 aromatic carbocycles. The molecule has 4 aliphatic carbocycles. The molecule has 0 radical (unpaired) electrons. The highest BCUT2D eigenvalue weighted by Gasteiger charge is 2.51. The summed E-state index contributed by atoms with van der Waals surface area (Å²) in [5.74, 6) is 1.65. The molecule has 2 bridgehead atoms. The molecule has 4 aliphatic rings. The number of hydrogen-bond donors (Lipinski definition) is 0. The van der Waals surface area contributed by atoms with Crippen molar-refractivity contribution in [2.24, 2.45) is 16.7 Å². The van der Waals surface area contributed by atoms with Gasteiger partial charge in [0, 0.05) is 0 Å². The molecule has 0 unspecified atom stereocenters. The predicted octanol–water partition coefficient (Wildman–Crippen LogP) is 9.49. The van der Waals surface area contributed by atoms with E-state index in [1.54, 1.807) is 0 Å². The Kier molecular flexibility index (Phi) is 8.02. The van der Waals surface area contributed by atoms with Crippen LogP contribution in [0.25, 0.3) is 0 Å². The van der Waals surface area contributed by atoms with Crippen molar-refractivity contribution < 1.29 is 0 Å². The van der Waals surface area contributed by atoms with Crippen molar-refractivity contribution in [2.45, 2.75) is 135 Å². The lowest BCUT2D eigenvalue weighted by Crippen LogP contribution is -2.46. The highest BCUT2D eigenvalue weighted by Crippen LogP contribution is 2.63. The van der Waals surface area contributed by atoms with Crippen molar-refractivity contribution in [3.05, 3.63) is 34.9 Å². The van der Waals surface area contributed by atoms with E-state index in [0.29, 0.717) is 11.3 Å². The number of unbranched alkanes of at least 4 members (excludes halogenated alkanes) is 4. The van der Waals surface area contributed by atoms with Crippen LogP contribution in [0.3, 0.4) is 0 Å². The topological polar surface area (TPSA) is 23.8 Å². The minimum atomic E-state index is 0.680. The first-order valence-corrected chi connectivity index (χ1v) is 14.2. The quantitative estimate of drug-likeness (QED) is 0.337. The predicted molar refractivity (Wildman–Crippen MR) is 136 cm³/mol. The average molecular weight is 434 g/mol. The van der Waals surface area contributed by atoms with E-state index >= 15 is 0 Å². The molecule has 1 heteroatoms. The molecule has 0 aromatic heterocycles. The van der Waals surface area contributed by atoms with Gasteiger partial charge in [-0.3, -0.25) is 0 Å². The summed E-state index contributed by atoms with van der Waals surface area (Å²) in [6.45, 7) is 4.58. The highest BCUT2D eigenvalue weighted by atomic mass is 14.6. The van der Waals surface area contributed by atoms with Crippen LogP contribution in [0.2, 0.25) is 0 Å². The number of nitriles is 1. The standard InChI is InChI=1S/C31H47N/c1-3-5-7-9-25-10-11-27(23-28(25)24-32)26-12-14-29(15-13-26)31-20-17-30(18-21-31,19-22-31)16-8-6-4-2/h10-11,23,26,29H,3-9,12-22H2,1-2H3.